The summed E-state index contributed by atoms with van der Waals surface area (Å²) in [4.78, 5) is 38.0. The lowest BCUT2D eigenvalue weighted by Gasteiger charge is -2.18. The number of allylic oxidation sites excluding steroid dienone is 2. The molecule has 6 heteroatoms. The van der Waals surface area contributed by atoms with Crippen LogP contribution >= 0.6 is 0 Å². The number of rotatable bonds is 59. The zero-order valence-electron chi connectivity index (χ0n) is 47.6. The maximum Gasteiger partial charge on any atom is 0.306 e. The number of carbonyl (C=O) groups is 3. The smallest absolute Gasteiger partial charge is 0.306 e. The van der Waals surface area contributed by atoms with E-state index in [1.165, 1.54) is 257 Å². The van der Waals surface area contributed by atoms with Gasteiger partial charge < -0.3 is 14.2 Å². The van der Waals surface area contributed by atoms with E-state index < -0.39 is 6.10 Å². The minimum Gasteiger partial charge on any atom is -0.462 e. The van der Waals surface area contributed by atoms with Crippen molar-refractivity contribution in [1.29, 1.82) is 0 Å². The Morgan fingerprint density at radius 1 is 0.271 bits per heavy atom. The van der Waals surface area contributed by atoms with Crippen molar-refractivity contribution >= 4 is 17.9 Å². The van der Waals surface area contributed by atoms with Crippen molar-refractivity contribution in [2.45, 2.75) is 367 Å². The summed E-state index contributed by atoms with van der Waals surface area (Å²) in [6, 6.07) is 0. The van der Waals surface area contributed by atoms with Crippen molar-refractivity contribution in [1.82, 2.24) is 0 Å². The van der Waals surface area contributed by atoms with Crippen molar-refractivity contribution in [2.75, 3.05) is 13.2 Å². The molecule has 0 bridgehead atoms. The van der Waals surface area contributed by atoms with E-state index in [0.717, 1.165) is 64.2 Å². The van der Waals surface area contributed by atoms with Crippen LogP contribution in [-0.4, -0.2) is 37.2 Å². The first-order valence-electron chi connectivity index (χ1n) is 31.7. The SMILES string of the molecule is CCCCCCC/C=C\CCCCCCCC(=O)OC(COC(=O)CCCCCCCCCC)COC(=O)CCCCCCCCCCCCCCCCCCCCCCCCCCCCCCCC. The third-order valence-electron chi connectivity index (χ3n) is 14.5. The monoisotopic (exact) mass is 987 g/mol. The molecule has 0 heterocycles. The lowest BCUT2D eigenvalue weighted by molar-refractivity contribution is -0.167. The van der Waals surface area contributed by atoms with Crippen LogP contribution in [0.1, 0.15) is 361 Å². The molecule has 0 fully saturated rings. The molecule has 0 aromatic carbocycles. The molecular weight excluding hydrogens is 865 g/mol. The summed E-state index contributed by atoms with van der Waals surface area (Å²) < 4.78 is 16.8. The molecule has 0 aromatic rings. The first-order chi connectivity index (χ1) is 34.5. The minimum absolute atomic E-state index is 0.0680. The third kappa shape index (κ3) is 57.1. The van der Waals surface area contributed by atoms with Crippen LogP contribution in [0.3, 0.4) is 0 Å². The van der Waals surface area contributed by atoms with Crippen molar-refractivity contribution in [2.24, 2.45) is 0 Å². The van der Waals surface area contributed by atoms with E-state index >= 15 is 0 Å². The van der Waals surface area contributed by atoms with Gasteiger partial charge in [-0.05, 0) is 44.9 Å². The van der Waals surface area contributed by atoms with Gasteiger partial charge in [0.2, 0.25) is 0 Å². The van der Waals surface area contributed by atoms with Crippen molar-refractivity contribution in [3.05, 3.63) is 12.2 Å². The fourth-order valence-electron chi connectivity index (χ4n) is 9.74. The molecule has 1 unspecified atom stereocenters. The van der Waals surface area contributed by atoms with Gasteiger partial charge in [0.25, 0.3) is 0 Å². The molecule has 0 saturated heterocycles. The Morgan fingerprint density at radius 2 is 0.471 bits per heavy atom. The lowest BCUT2D eigenvalue weighted by atomic mass is 10.0. The molecular formula is C64H122O6. The Morgan fingerprint density at radius 3 is 0.714 bits per heavy atom. The van der Waals surface area contributed by atoms with Crippen LogP contribution in [0.5, 0.6) is 0 Å². The summed E-state index contributed by atoms with van der Waals surface area (Å²) in [6.45, 7) is 6.65. The average Bonchev–Trinajstić information content (AvgIpc) is 3.36. The molecule has 0 aromatic heterocycles. The molecule has 0 N–H and O–H groups in total. The highest BCUT2D eigenvalue weighted by Crippen LogP contribution is 2.18. The van der Waals surface area contributed by atoms with E-state index in [2.05, 4.69) is 32.9 Å². The quantitative estimate of drug-likeness (QED) is 0.0261. The zero-order valence-corrected chi connectivity index (χ0v) is 47.6. The van der Waals surface area contributed by atoms with Crippen molar-refractivity contribution < 1.29 is 28.6 Å². The van der Waals surface area contributed by atoms with Gasteiger partial charge in [0, 0.05) is 19.3 Å². The lowest BCUT2D eigenvalue weighted by Crippen LogP contribution is -2.30. The Balaban J connectivity index is 3.99. The predicted molar refractivity (Wildman–Crippen MR) is 303 cm³/mol. The number of unbranched alkanes of at least 4 members (excludes halogenated alkanes) is 46. The van der Waals surface area contributed by atoms with Crippen LogP contribution in [-0.2, 0) is 28.6 Å². The second-order valence-corrected chi connectivity index (χ2v) is 21.7. The van der Waals surface area contributed by atoms with E-state index in [9.17, 15) is 14.4 Å². The van der Waals surface area contributed by atoms with Gasteiger partial charge in [-0.15, -0.1) is 0 Å². The Kier molecular flexibility index (Phi) is 58.1. The van der Waals surface area contributed by atoms with Crippen molar-refractivity contribution in [3.63, 3.8) is 0 Å². The molecule has 0 radical (unpaired) electrons. The van der Waals surface area contributed by atoms with Gasteiger partial charge in [-0.25, -0.2) is 0 Å². The van der Waals surface area contributed by atoms with Crippen LogP contribution in [0.4, 0.5) is 0 Å². The highest BCUT2D eigenvalue weighted by molar-refractivity contribution is 5.71. The van der Waals surface area contributed by atoms with Gasteiger partial charge in [0.05, 0.1) is 0 Å². The standard InChI is InChI=1S/C64H122O6/c1-4-7-10-13-16-19-21-23-25-26-27-28-29-30-31-32-33-34-35-36-37-38-39-40-42-43-45-48-51-54-57-63(66)69-60-61(59-68-62(65)56-53-50-47-18-15-12-9-6-3)70-64(67)58-55-52-49-46-44-41-24-22-20-17-14-11-8-5-2/h22,24,61H,4-21,23,25-60H2,1-3H3/b24-22-. The summed E-state index contributed by atoms with van der Waals surface area (Å²) in [7, 11) is 0. The van der Waals surface area contributed by atoms with E-state index in [1.807, 2.05) is 0 Å². The molecule has 0 saturated carbocycles. The summed E-state index contributed by atoms with van der Waals surface area (Å²) in [6.07, 6.45) is 69.7. The molecule has 0 aliphatic carbocycles. The molecule has 414 valence electrons. The van der Waals surface area contributed by atoms with Crippen LogP contribution in [0, 0.1) is 0 Å². The van der Waals surface area contributed by atoms with E-state index in [4.69, 9.17) is 14.2 Å². The van der Waals surface area contributed by atoms with E-state index in [1.54, 1.807) is 0 Å². The van der Waals surface area contributed by atoms with Gasteiger partial charge in [0.1, 0.15) is 13.2 Å². The first-order valence-corrected chi connectivity index (χ1v) is 31.7. The molecule has 0 spiro atoms. The van der Waals surface area contributed by atoms with Crippen LogP contribution in [0.25, 0.3) is 0 Å². The van der Waals surface area contributed by atoms with Gasteiger partial charge in [0.15, 0.2) is 6.10 Å². The predicted octanol–water partition coefficient (Wildman–Crippen LogP) is 21.3. The number of carbonyl (C=O) groups excluding carboxylic acids is 3. The minimum atomic E-state index is -0.768. The largest absolute Gasteiger partial charge is 0.462 e. The van der Waals surface area contributed by atoms with Crippen LogP contribution < -0.4 is 0 Å². The molecule has 70 heavy (non-hydrogen) atoms. The van der Waals surface area contributed by atoms with Gasteiger partial charge in [-0.2, -0.15) is 0 Å². The van der Waals surface area contributed by atoms with E-state index in [0.29, 0.717) is 19.3 Å². The molecule has 0 amide bonds. The first kappa shape index (κ1) is 68.2. The second kappa shape index (κ2) is 59.7. The Labute approximate surface area is 437 Å². The van der Waals surface area contributed by atoms with Crippen LogP contribution in [0.15, 0.2) is 12.2 Å². The van der Waals surface area contributed by atoms with Gasteiger partial charge >= 0.3 is 17.9 Å². The maximum absolute atomic E-state index is 12.8. The fraction of sp³-hybridized carbons (Fsp3) is 0.922. The zero-order chi connectivity index (χ0) is 50.7. The second-order valence-electron chi connectivity index (χ2n) is 21.7. The molecule has 1 atom stereocenters. The molecule has 6 nitrogen and oxygen atoms in total. The summed E-state index contributed by atoms with van der Waals surface area (Å²) in [5.41, 5.74) is 0. The fourth-order valence-corrected chi connectivity index (χ4v) is 9.74. The number of ether oxygens (including phenoxy) is 3. The highest BCUT2D eigenvalue weighted by atomic mass is 16.6. The molecule has 0 rings (SSSR count). The third-order valence-corrected chi connectivity index (χ3v) is 14.5. The van der Waals surface area contributed by atoms with Gasteiger partial charge in [-0.1, -0.05) is 309 Å². The molecule has 0 aliphatic heterocycles. The Hall–Kier alpha value is -1.85. The molecule has 0 aliphatic rings. The number of esters is 3. The highest BCUT2D eigenvalue weighted by Gasteiger charge is 2.19. The van der Waals surface area contributed by atoms with Gasteiger partial charge in [-0.3, -0.25) is 14.4 Å². The summed E-state index contributed by atoms with van der Waals surface area (Å²) in [5, 5.41) is 0. The number of hydrogen-bond donors (Lipinski definition) is 0. The normalized spacial score (nSPS) is 12.0. The maximum atomic E-state index is 12.8. The average molecular weight is 988 g/mol. The topological polar surface area (TPSA) is 78.9 Å². The van der Waals surface area contributed by atoms with E-state index in [-0.39, 0.29) is 31.1 Å². The summed E-state index contributed by atoms with van der Waals surface area (Å²) in [5.74, 6) is -0.859. The number of hydrogen-bond acceptors (Lipinski definition) is 6. The van der Waals surface area contributed by atoms with Crippen LogP contribution in [0.2, 0.25) is 0 Å². The Bertz CT molecular complexity index is 1090. The van der Waals surface area contributed by atoms with Crippen molar-refractivity contribution in [3.8, 4) is 0 Å². The summed E-state index contributed by atoms with van der Waals surface area (Å²) >= 11 is 0.